The molecule has 4 rings (SSSR count). The topological polar surface area (TPSA) is 28.2 Å². The van der Waals surface area contributed by atoms with E-state index in [2.05, 4.69) is 99.0 Å². The fraction of sp³-hybridized carbons (Fsp3) is 0.464. The molecule has 176 valence electrons. The van der Waals surface area contributed by atoms with Crippen molar-refractivity contribution in [3.05, 3.63) is 75.8 Å². The Hall–Kier alpha value is -1.82. The van der Waals surface area contributed by atoms with E-state index in [0.717, 1.165) is 43.3 Å². The van der Waals surface area contributed by atoms with Crippen molar-refractivity contribution >= 4 is 28.4 Å². The third-order valence-electron chi connectivity index (χ3n) is 6.33. The van der Waals surface area contributed by atoms with E-state index >= 15 is 0 Å². The van der Waals surface area contributed by atoms with Crippen LogP contribution >= 0.6 is 23.3 Å². The van der Waals surface area contributed by atoms with Crippen LogP contribution in [-0.4, -0.2) is 23.0 Å². The Balaban J connectivity index is 1.29. The number of nitrogens with zero attached hydrogens (tertiary/aromatic N) is 2. The minimum Gasteiger partial charge on any atom is -0.302 e. The van der Waals surface area contributed by atoms with Gasteiger partial charge in [0.15, 0.2) is 5.13 Å². The predicted octanol–water partition coefficient (Wildman–Crippen LogP) is 7.46. The number of aromatic nitrogens is 1. The van der Waals surface area contributed by atoms with Crippen LogP contribution in [0.3, 0.4) is 0 Å². The Morgan fingerprint density at radius 3 is 2.39 bits per heavy atom. The molecule has 1 aliphatic rings. The molecule has 3 nitrogen and oxygen atoms in total. The average Bonchev–Trinajstić information content (AvgIpc) is 3.25. The van der Waals surface area contributed by atoms with Crippen LogP contribution in [-0.2, 0) is 30.2 Å². The number of nitrogens with one attached hydrogen (secondary N) is 1. The summed E-state index contributed by atoms with van der Waals surface area (Å²) >= 11 is 3.35. The second-order valence-electron chi connectivity index (χ2n) is 11.1. The quantitative estimate of drug-likeness (QED) is 0.371. The maximum atomic E-state index is 4.74. The van der Waals surface area contributed by atoms with Gasteiger partial charge in [-0.25, -0.2) is 4.98 Å². The summed E-state index contributed by atoms with van der Waals surface area (Å²) in [7, 11) is 0. The smallest absolute Gasteiger partial charge is 0.193 e. The maximum Gasteiger partial charge on any atom is 0.193 e. The van der Waals surface area contributed by atoms with E-state index in [9.17, 15) is 0 Å². The monoisotopic (exact) mass is 479 g/mol. The number of hydrogen-bond donors (Lipinski definition) is 1. The van der Waals surface area contributed by atoms with Crippen molar-refractivity contribution < 1.29 is 0 Å². The molecule has 5 heteroatoms. The van der Waals surface area contributed by atoms with Crippen LogP contribution in [0.15, 0.2) is 52.7 Å². The molecule has 0 spiro atoms. The molecule has 0 radical (unpaired) electrons. The maximum absolute atomic E-state index is 4.74. The summed E-state index contributed by atoms with van der Waals surface area (Å²) in [6, 6.07) is 16.1. The van der Waals surface area contributed by atoms with Gasteiger partial charge in [0.1, 0.15) is 0 Å². The first kappa shape index (κ1) is 24.3. The number of fused-ring (bicyclic) bond motifs is 1. The largest absolute Gasteiger partial charge is 0.302 e. The number of rotatable bonds is 6. The van der Waals surface area contributed by atoms with Crippen molar-refractivity contribution in [3.8, 4) is 0 Å². The van der Waals surface area contributed by atoms with Crippen molar-refractivity contribution in [2.75, 3.05) is 17.8 Å². The third-order valence-corrected chi connectivity index (χ3v) is 8.01. The second kappa shape index (κ2) is 9.81. The molecular formula is C28H37N3S2. The van der Waals surface area contributed by atoms with Gasteiger partial charge in [-0.2, -0.15) is 0 Å². The van der Waals surface area contributed by atoms with Gasteiger partial charge in [-0.05, 0) is 64.6 Å². The molecular weight excluding hydrogens is 442 g/mol. The molecule has 2 aromatic carbocycles. The molecule has 3 aromatic rings. The predicted molar refractivity (Wildman–Crippen MR) is 145 cm³/mol. The first-order valence-electron chi connectivity index (χ1n) is 11.9. The lowest BCUT2D eigenvalue weighted by Crippen LogP contribution is -2.32. The SMILES string of the molecule is CC(C)(C)c1ccc(CCN2CCc3cc(SNc4nc(C(C)(C)C)cs4)ccc3C2)cc1. The highest BCUT2D eigenvalue weighted by Crippen LogP contribution is 2.31. The van der Waals surface area contributed by atoms with E-state index in [-0.39, 0.29) is 10.8 Å². The second-order valence-corrected chi connectivity index (χ2v) is 12.9. The summed E-state index contributed by atoms with van der Waals surface area (Å²) in [6.45, 7) is 16.7. The zero-order chi connectivity index (χ0) is 23.6. The zero-order valence-electron chi connectivity index (χ0n) is 20.9. The van der Waals surface area contributed by atoms with Crippen LogP contribution in [0.4, 0.5) is 5.13 Å². The van der Waals surface area contributed by atoms with E-state index < -0.39 is 0 Å². The van der Waals surface area contributed by atoms with Gasteiger partial charge < -0.3 is 4.72 Å². The van der Waals surface area contributed by atoms with Crippen molar-refractivity contribution in [3.63, 3.8) is 0 Å². The van der Waals surface area contributed by atoms with Crippen LogP contribution in [0, 0.1) is 0 Å². The minimum atomic E-state index is 0.0919. The van der Waals surface area contributed by atoms with Crippen LogP contribution in [0.1, 0.15) is 69.5 Å². The normalized spacial score (nSPS) is 14.8. The lowest BCUT2D eigenvalue weighted by Gasteiger charge is -2.29. The van der Waals surface area contributed by atoms with Crippen LogP contribution in [0.25, 0.3) is 0 Å². The van der Waals surface area contributed by atoms with Crippen molar-refractivity contribution in [2.24, 2.45) is 0 Å². The molecule has 0 saturated carbocycles. The zero-order valence-corrected chi connectivity index (χ0v) is 22.5. The molecule has 1 aliphatic heterocycles. The first-order chi connectivity index (χ1) is 15.6. The van der Waals surface area contributed by atoms with Gasteiger partial charge in [0.2, 0.25) is 0 Å². The molecule has 2 heterocycles. The number of hydrogen-bond acceptors (Lipinski definition) is 5. The average molecular weight is 480 g/mol. The van der Waals surface area contributed by atoms with Crippen molar-refractivity contribution in [2.45, 2.75) is 76.7 Å². The van der Waals surface area contributed by atoms with Gasteiger partial charge in [-0.15, -0.1) is 11.3 Å². The summed E-state index contributed by atoms with van der Waals surface area (Å²) in [5, 5.41) is 3.13. The van der Waals surface area contributed by atoms with Gasteiger partial charge >= 0.3 is 0 Å². The summed E-state index contributed by atoms with van der Waals surface area (Å²) in [5.74, 6) is 0. The summed E-state index contributed by atoms with van der Waals surface area (Å²) in [5.41, 5.74) is 7.26. The highest BCUT2D eigenvalue weighted by Gasteiger charge is 2.19. The highest BCUT2D eigenvalue weighted by atomic mass is 32.2. The molecule has 0 fully saturated rings. The van der Waals surface area contributed by atoms with Gasteiger partial charge in [0.05, 0.1) is 5.69 Å². The van der Waals surface area contributed by atoms with Crippen LogP contribution < -0.4 is 4.72 Å². The molecule has 33 heavy (non-hydrogen) atoms. The van der Waals surface area contributed by atoms with Gasteiger partial charge in [0, 0.05) is 35.3 Å². The lowest BCUT2D eigenvalue weighted by molar-refractivity contribution is 0.257. The molecule has 0 atom stereocenters. The Bertz CT molecular complexity index is 1070. The number of thiazole rings is 1. The molecule has 0 aliphatic carbocycles. The molecule has 0 bridgehead atoms. The Labute approximate surface area is 208 Å². The van der Waals surface area contributed by atoms with E-state index in [0.29, 0.717) is 0 Å². The fourth-order valence-corrected chi connectivity index (χ4v) is 5.75. The first-order valence-corrected chi connectivity index (χ1v) is 13.6. The number of benzene rings is 2. The third kappa shape index (κ3) is 6.40. The van der Waals surface area contributed by atoms with Gasteiger partial charge in [-0.1, -0.05) is 71.9 Å². The van der Waals surface area contributed by atoms with E-state index in [1.165, 1.54) is 27.1 Å². The minimum absolute atomic E-state index is 0.0919. The molecule has 1 N–H and O–H groups in total. The standard InChI is InChI=1S/C28H37N3S2/c1-27(2,3)23-10-7-20(8-11-23)13-15-31-16-14-21-17-24(12-9-22(21)18-31)33-30-26-29-25(19-32-26)28(4,5)6/h7-12,17,19H,13-16,18H2,1-6H3,(H,29,30). The number of anilines is 1. The molecule has 0 unspecified atom stereocenters. The summed E-state index contributed by atoms with van der Waals surface area (Å²) in [4.78, 5) is 8.59. The Kier molecular flexibility index (Phi) is 7.23. The van der Waals surface area contributed by atoms with Crippen molar-refractivity contribution in [1.82, 2.24) is 9.88 Å². The highest BCUT2D eigenvalue weighted by molar-refractivity contribution is 8.00. The Morgan fingerprint density at radius 1 is 0.970 bits per heavy atom. The molecule has 1 aromatic heterocycles. The van der Waals surface area contributed by atoms with E-state index in [1.807, 2.05) is 0 Å². The molecule has 0 saturated heterocycles. The van der Waals surface area contributed by atoms with Crippen LogP contribution in [0.2, 0.25) is 0 Å². The van der Waals surface area contributed by atoms with Gasteiger partial charge in [-0.3, -0.25) is 4.90 Å². The molecule has 0 amide bonds. The van der Waals surface area contributed by atoms with Gasteiger partial charge in [0.25, 0.3) is 0 Å². The van der Waals surface area contributed by atoms with E-state index in [1.54, 1.807) is 23.3 Å². The van der Waals surface area contributed by atoms with Crippen molar-refractivity contribution in [1.29, 1.82) is 0 Å². The Morgan fingerprint density at radius 2 is 1.73 bits per heavy atom. The fourth-order valence-electron chi connectivity index (χ4n) is 4.07. The van der Waals surface area contributed by atoms with Crippen LogP contribution in [0.5, 0.6) is 0 Å². The summed E-state index contributed by atoms with van der Waals surface area (Å²) in [6.07, 6.45) is 2.24. The lowest BCUT2D eigenvalue weighted by atomic mass is 9.86. The van der Waals surface area contributed by atoms with E-state index in [4.69, 9.17) is 4.98 Å². The summed E-state index contributed by atoms with van der Waals surface area (Å²) < 4.78 is 3.43.